The van der Waals surface area contributed by atoms with Crippen molar-refractivity contribution in [3.8, 4) is 11.8 Å². The predicted octanol–water partition coefficient (Wildman–Crippen LogP) is 6.00. The average Bonchev–Trinajstić information content (AvgIpc) is 3.80. The molecule has 316 valence electrons. The van der Waals surface area contributed by atoms with Crippen LogP contribution in [0.1, 0.15) is 75.0 Å². The number of hydrogen-bond donors (Lipinski definition) is 3. The number of rotatable bonds is 12. The van der Waals surface area contributed by atoms with Crippen LogP contribution in [-0.2, 0) is 25.4 Å². The topological polar surface area (TPSA) is 150 Å². The number of ether oxygens (including phenoxy) is 1. The second-order valence-corrected chi connectivity index (χ2v) is 16.5. The fourth-order valence-electron chi connectivity index (χ4n) is 8.40. The highest BCUT2D eigenvalue weighted by Gasteiger charge is 2.51. The second-order valence-electron chi connectivity index (χ2n) is 16.1. The number of carbonyl (C=O) groups is 4. The molecule has 1 unspecified atom stereocenters. The van der Waals surface area contributed by atoms with Crippen molar-refractivity contribution in [2.45, 2.75) is 76.0 Å². The summed E-state index contributed by atoms with van der Waals surface area (Å²) >= 11 is 5.80. The molecule has 17 heteroatoms. The zero-order chi connectivity index (χ0) is 42.8. The van der Waals surface area contributed by atoms with E-state index in [-0.39, 0.29) is 47.4 Å². The quantitative estimate of drug-likeness (QED) is 0.146. The monoisotopic (exact) mass is 844 g/mol. The number of piperidine rings is 1. The van der Waals surface area contributed by atoms with Gasteiger partial charge in [-0.25, -0.2) is 0 Å². The Kier molecular flexibility index (Phi) is 12.5. The van der Waals surface area contributed by atoms with Gasteiger partial charge in [0.2, 0.25) is 17.7 Å². The molecule has 0 spiro atoms. The van der Waals surface area contributed by atoms with E-state index in [1.807, 2.05) is 18.2 Å². The summed E-state index contributed by atoms with van der Waals surface area (Å²) in [4.78, 5) is 57.6. The lowest BCUT2D eigenvalue weighted by atomic mass is 9.95. The highest BCUT2D eigenvalue weighted by atomic mass is 32.1. The highest BCUT2D eigenvalue weighted by Crippen LogP contribution is 2.44. The zero-order valence-electron chi connectivity index (χ0n) is 33.4. The lowest BCUT2D eigenvalue weighted by molar-refractivity contribution is -0.138. The van der Waals surface area contributed by atoms with E-state index in [1.165, 1.54) is 6.07 Å². The van der Waals surface area contributed by atoms with Crippen molar-refractivity contribution >= 4 is 63.7 Å². The number of nitrogens with zero attached hydrogens (tertiary/aromatic N) is 5. The van der Waals surface area contributed by atoms with Gasteiger partial charge in [0.05, 0.1) is 29.4 Å². The molecule has 4 fully saturated rings. The van der Waals surface area contributed by atoms with Gasteiger partial charge in [0.1, 0.15) is 23.9 Å². The Morgan fingerprint density at radius 3 is 2.35 bits per heavy atom. The third-order valence-electron chi connectivity index (χ3n) is 11.6. The number of carbonyl (C=O) groups excluding carboxylic acids is 4. The van der Waals surface area contributed by atoms with Crippen molar-refractivity contribution in [1.82, 2.24) is 15.1 Å². The van der Waals surface area contributed by atoms with E-state index in [2.05, 4.69) is 25.8 Å². The molecule has 3 saturated heterocycles. The molecule has 13 nitrogen and oxygen atoms in total. The smallest absolute Gasteiger partial charge is 0.417 e. The minimum Gasteiger partial charge on any atom is -0.492 e. The number of imide groups is 1. The summed E-state index contributed by atoms with van der Waals surface area (Å²) in [5, 5.41) is 17.7. The van der Waals surface area contributed by atoms with Gasteiger partial charge in [-0.15, -0.1) is 0 Å². The van der Waals surface area contributed by atoms with Crippen LogP contribution in [0, 0.1) is 11.3 Å². The Morgan fingerprint density at radius 2 is 1.65 bits per heavy atom. The van der Waals surface area contributed by atoms with Crippen molar-refractivity contribution < 1.29 is 37.1 Å². The third kappa shape index (κ3) is 9.25. The van der Waals surface area contributed by atoms with Crippen LogP contribution >= 0.6 is 12.2 Å². The molecule has 3 aliphatic heterocycles. The van der Waals surface area contributed by atoms with Gasteiger partial charge in [0.15, 0.2) is 5.11 Å². The number of alkyl halides is 3. The first kappa shape index (κ1) is 42.6. The van der Waals surface area contributed by atoms with Crippen LogP contribution in [0.5, 0.6) is 5.75 Å². The van der Waals surface area contributed by atoms with Gasteiger partial charge < -0.3 is 20.3 Å². The number of benzene rings is 3. The first-order chi connectivity index (χ1) is 28.6. The maximum absolute atomic E-state index is 13.9. The zero-order valence-corrected chi connectivity index (χ0v) is 34.3. The van der Waals surface area contributed by atoms with Crippen molar-refractivity contribution in [2.75, 3.05) is 66.3 Å². The van der Waals surface area contributed by atoms with Crippen molar-refractivity contribution in [3.05, 3.63) is 77.4 Å². The molecule has 60 heavy (non-hydrogen) atoms. The van der Waals surface area contributed by atoms with E-state index in [4.69, 9.17) is 17.0 Å². The summed E-state index contributed by atoms with van der Waals surface area (Å²) in [6.45, 7) is 7.63. The van der Waals surface area contributed by atoms with E-state index in [9.17, 15) is 37.6 Å². The summed E-state index contributed by atoms with van der Waals surface area (Å²) in [7, 11) is 0. The fourth-order valence-corrected chi connectivity index (χ4v) is 8.92. The Labute approximate surface area is 351 Å². The minimum absolute atomic E-state index is 0.0408. The number of nitriles is 1. The van der Waals surface area contributed by atoms with E-state index in [1.54, 1.807) is 49.1 Å². The first-order valence-corrected chi connectivity index (χ1v) is 20.5. The average molecular weight is 845 g/mol. The van der Waals surface area contributed by atoms with Crippen LogP contribution < -0.4 is 30.5 Å². The van der Waals surface area contributed by atoms with Crippen LogP contribution in [0.2, 0.25) is 0 Å². The summed E-state index contributed by atoms with van der Waals surface area (Å²) < 4.78 is 48.0. The molecule has 1 aliphatic carbocycles. The van der Waals surface area contributed by atoms with Crippen molar-refractivity contribution in [3.63, 3.8) is 0 Å². The first-order valence-electron chi connectivity index (χ1n) is 20.1. The summed E-state index contributed by atoms with van der Waals surface area (Å²) in [5.41, 5.74) is -0.0425. The van der Waals surface area contributed by atoms with Gasteiger partial charge in [0.25, 0.3) is 5.91 Å². The Balaban J connectivity index is 0.941. The van der Waals surface area contributed by atoms with Crippen molar-refractivity contribution in [1.29, 1.82) is 5.26 Å². The number of piperazine rings is 1. The van der Waals surface area contributed by atoms with Crippen LogP contribution in [0.25, 0.3) is 0 Å². The lowest BCUT2D eigenvalue weighted by Crippen LogP contribution is -2.49. The fraction of sp³-hybridized carbons (Fsp3) is 0.442. The predicted molar refractivity (Wildman–Crippen MR) is 224 cm³/mol. The van der Waals surface area contributed by atoms with Crippen LogP contribution in [0.15, 0.2) is 60.7 Å². The molecule has 3 N–H and O–H groups in total. The molecule has 0 bridgehead atoms. The highest BCUT2D eigenvalue weighted by molar-refractivity contribution is 7.81. The number of amides is 4. The van der Waals surface area contributed by atoms with Gasteiger partial charge >= 0.3 is 6.18 Å². The summed E-state index contributed by atoms with van der Waals surface area (Å²) in [6, 6.07) is 17.1. The van der Waals surface area contributed by atoms with E-state index in [0.717, 1.165) is 67.1 Å². The lowest BCUT2D eigenvalue weighted by Gasteiger charge is -2.34. The number of anilines is 4. The van der Waals surface area contributed by atoms with Gasteiger partial charge in [-0.1, -0.05) is 18.9 Å². The number of thiocarbonyl (C=S) groups is 1. The second kappa shape index (κ2) is 17.6. The maximum Gasteiger partial charge on any atom is 0.417 e. The molecular weight excluding hydrogens is 798 g/mol. The Bertz CT molecular complexity index is 2210. The summed E-state index contributed by atoms with van der Waals surface area (Å²) in [6.07, 6.45) is -0.0260. The molecule has 0 aromatic heterocycles. The number of nitrogens with one attached hydrogen (secondary N) is 3. The largest absolute Gasteiger partial charge is 0.492 e. The van der Waals surface area contributed by atoms with Gasteiger partial charge in [0, 0.05) is 56.2 Å². The standard InChI is InChI=1S/C43H47F3N8O5S/c1-42(2)40(58)53(31-11-10-28(25-47)34(24-31)43(44,45)46)41(60)54(42)32-12-14-36(33(23-32)27-6-3-4-7-27)59-21-20-51-16-18-52(19-17-51)26-38(56)49-30-9-5-8-29(22-30)48-35-13-15-37(55)50-39(35)57/h5,8-12,14,22-24,27,35,48H,3-4,6-7,13,15-21,26H2,1-2H3,(H,49,56)(H,50,55,57). The van der Waals surface area contributed by atoms with Crippen LogP contribution in [0.4, 0.5) is 35.9 Å². The molecule has 1 saturated carbocycles. The molecule has 0 radical (unpaired) electrons. The van der Waals surface area contributed by atoms with Crippen LogP contribution in [-0.4, -0.2) is 96.0 Å². The van der Waals surface area contributed by atoms with E-state index < -0.39 is 34.8 Å². The molecule has 7 rings (SSSR count). The normalized spacial score (nSPS) is 20.3. The molecule has 3 aromatic rings. The summed E-state index contributed by atoms with van der Waals surface area (Å²) in [5.74, 6) is -0.302. The van der Waals surface area contributed by atoms with Crippen LogP contribution in [0.3, 0.4) is 0 Å². The molecule has 4 aliphatic rings. The molecule has 3 aromatic carbocycles. The Morgan fingerprint density at radius 1 is 0.950 bits per heavy atom. The van der Waals surface area contributed by atoms with Gasteiger partial charge in [-0.3, -0.25) is 39.2 Å². The van der Waals surface area contributed by atoms with Gasteiger partial charge in [-0.2, -0.15) is 18.4 Å². The molecular formula is C43H47F3N8O5S. The molecule has 3 heterocycles. The minimum atomic E-state index is -4.79. The SMILES string of the molecule is CC1(C)C(=O)N(c2ccc(C#N)c(C(F)(F)F)c2)C(=S)N1c1ccc(OCCN2CCN(CC(=O)Nc3cccc(NC4CCC(=O)NC4=O)c3)CC2)c(C2CCCC2)c1. The number of hydrogen-bond acceptors (Lipinski definition) is 10. The molecule has 4 amide bonds. The van der Waals surface area contributed by atoms with Gasteiger partial charge in [-0.05, 0) is 111 Å². The maximum atomic E-state index is 13.9. The molecule has 1 atom stereocenters. The van der Waals surface area contributed by atoms with E-state index >= 15 is 0 Å². The Hall–Kier alpha value is -5.57. The number of halogens is 3. The third-order valence-corrected chi connectivity index (χ3v) is 12.0. The van der Waals surface area contributed by atoms with Crippen molar-refractivity contribution in [2.24, 2.45) is 0 Å². The van der Waals surface area contributed by atoms with E-state index in [0.29, 0.717) is 49.7 Å².